The third-order valence-electron chi connectivity index (χ3n) is 4.24. The molecule has 1 saturated heterocycles. The van der Waals surface area contributed by atoms with E-state index in [0.717, 1.165) is 12.4 Å². The first-order valence-corrected chi connectivity index (χ1v) is 7.39. The van der Waals surface area contributed by atoms with E-state index in [9.17, 15) is 0 Å². The summed E-state index contributed by atoms with van der Waals surface area (Å²) in [6.45, 7) is 5.76. The molecule has 2 heteroatoms. The predicted octanol–water partition coefficient (Wildman–Crippen LogP) is 4.39. The Hall–Kier alpha value is -2.06. The molecule has 21 heavy (non-hydrogen) atoms. The summed E-state index contributed by atoms with van der Waals surface area (Å²) in [6, 6.07) is 15.1. The number of epoxide rings is 1. The maximum atomic E-state index is 6.13. The largest absolute Gasteiger partial charge is 0.489 e. The average Bonchev–Trinajstić information content (AvgIpc) is 3.29. The van der Waals surface area contributed by atoms with Crippen LogP contribution in [0.4, 0.5) is 0 Å². The van der Waals surface area contributed by atoms with Gasteiger partial charge in [0.25, 0.3) is 0 Å². The number of ether oxygens (including phenoxy) is 2. The van der Waals surface area contributed by atoms with Crippen molar-refractivity contribution in [2.24, 2.45) is 0 Å². The Kier molecular flexibility index (Phi) is 2.86. The van der Waals surface area contributed by atoms with Crippen LogP contribution in [0.5, 0.6) is 5.75 Å². The first-order valence-electron chi connectivity index (χ1n) is 7.39. The molecular weight excluding hydrogens is 260 g/mol. The third kappa shape index (κ3) is 2.26. The van der Waals surface area contributed by atoms with Crippen LogP contribution in [0.3, 0.4) is 0 Å². The fourth-order valence-electron chi connectivity index (χ4n) is 2.79. The van der Waals surface area contributed by atoms with Gasteiger partial charge < -0.3 is 9.47 Å². The minimum absolute atomic E-state index is 0.269. The molecule has 0 radical (unpaired) electrons. The van der Waals surface area contributed by atoms with E-state index in [0.29, 0.717) is 6.61 Å². The van der Waals surface area contributed by atoms with E-state index in [1.807, 2.05) is 0 Å². The molecule has 0 saturated carbocycles. The maximum absolute atomic E-state index is 6.13. The monoisotopic (exact) mass is 278 g/mol. The van der Waals surface area contributed by atoms with Gasteiger partial charge in [-0.25, -0.2) is 0 Å². The van der Waals surface area contributed by atoms with Crippen LogP contribution < -0.4 is 4.74 Å². The van der Waals surface area contributed by atoms with E-state index in [-0.39, 0.29) is 6.10 Å². The molecule has 106 valence electrons. The van der Waals surface area contributed by atoms with Crippen LogP contribution >= 0.6 is 0 Å². The molecule has 0 N–H and O–H groups in total. The molecule has 1 heterocycles. The van der Waals surface area contributed by atoms with Gasteiger partial charge in [0, 0.05) is 10.8 Å². The average molecular weight is 278 g/mol. The zero-order valence-corrected chi connectivity index (χ0v) is 12.3. The maximum Gasteiger partial charge on any atom is 0.135 e. The van der Waals surface area contributed by atoms with Crippen molar-refractivity contribution >= 4 is 21.5 Å². The highest BCUT2D eigenvalue weighted by molar-refractivity contribution is 6.05. The van der Waals surface area contributed by atoms with Gasteiger partial charge >= 0.3 is 0 Å². The van der Waals surface area contributed by atoms with E-state index in [1.165, 1.54) is 32.7 Å². The van der Waals surface area contributed by atoms with Crippen LogP contribution in [-0.2, 0) is 4.74 Å². The Morgan fingerprint density at radius 3 is 2.57 bits per heavy atom. The highest BCUT2D eigenvalue weighted by Crippen LogP contribution is 2.36. The summed E-state index contributed by atoms with van der Waals surface area (Å²) in [6.07, 6.45) is 0.269. The second-order valence-electron chi connectivity index (χ2n) is 5.85. The highest BCUT2D eigenvalue weighted by atomic mass is 16.6. The van der Waals surface area contributed by atoms with E-state index in [2.05, 4.69) is 56.3 Å². The summed E-state index contributed by atoms with van der Waals surface area (Å²) in [5, 5.41) is 4.83. The summed E-state index contributed by atoms with van der Waals surface area (Å²) >= 11 is 0. The smallest absolute Gasteiger partial charge is 0.135 e. The second kappa shape index (κ2) is 4.74. The summed E-state index contributed by atoms with van der Waals surface area (Å²) < 4.78 is 11.4. The van der Waals surface area contributed by atoms with Crippen molar-refractivity contribution in [2.45, 2.75) is 20.0 Å². The normalized spacial score (nSPS) is 17.3. The lowest BCUT2D eigenvalue weighted by Crippen LogP contribution is -2.05. The fraction of sp³-hybridized carbons (Fsp3) is 0.263. The Morgan fingerprint density at radius 2 is 1.76 bits per heavy atom. The molecule has 1 atom stereocenters. The summed E-state index contributed by atoms with van der Waals surface area (Å²) in [5.41, 5.74) is 2.61. The molecular formula is C19H18O2. The van der Waals surface area contributed by atoms with E-state index < -0.39 is 0 Å². The summed E-state index contributed by atoms with van der Waals surface area (Å²) in [4.78, 5) is 0. The van der Waals surface area contributed by atoms with Crippen LogP contribution in [0.2, 0.25) is 0 Å². The third-order valence-corrected chi connectivity index (χ3v) is 4.24. The van der Waals surface area contributed by atoms with Crippen molar-refractivity contribution in [3.8, 4) is 5.75 Å². The highest BCUT2D eigenvalue weighted by Gasteiger charge is 2.24. The van der Waals surface area contributed by atoms with Crippen molar-refractivity contribution in [3.63, 3.8) is 0 Å². The lowest BCUT2D eigenvalue weighted by Gasteiger charge is -2.14. The van der Waals surface area contributed by atoms with Gasteiger partial charge in [0.05, 0.1) is 6.61 Å². The van der Waals surface area contributed by atoms with E-state index in [4.69, 9.17) is 9.47 Å². The van der Waals surface area contributed by atoms with Gasteiger partial charge in [0.2, 0.25) is 0 Å². The molecule has 1 fully saturated rings. The number of rotatable bonds is 3. The van der Waals surface area contributed by atoms with Crippen LogP contribution in [0, 0.1) is 13.8 Å². The van der Waals surface area contributed by atoms with Crippen molar-refractivity contribution in [2.75, 3.05) is 13.2 Å². The van der Waals surface area contributed by atoms with Crippen LogP contribution in [-0.4, -0.2) is 19.3 Å². The summed E-state index contributed by atoms with van der Waals surface area (Å²) in [5.74, 6) is 0.988. The molecule has 0 aromatic heterocycles. The van der Waals surface area contributed by atoms with Crippen molar-refractivity contribution < 1.29 is 9.47 Å². The van der Waals surface area contributed by atoms with Gasteiger partial charge in [-0.2, -0.15) is 0 Å². The Balaban J connectivity index is 1.98. The molecule has 0 spiro atoms. The Morgan fingerprint density at radius 1 is 1.00 bits per heavy atom. The molecule has 3 aromatic carbocycles. The molecule has 4 rings (SSSR count). The SMILES string of the molecule is Cc1cc2cc3ccccc3c(OCC3CO3)c2cc1C. The number of benzene rings is 3. The van der Waals surface area contributed by atoms with Gasteiger partial charge in [-0.05, 0) is 47.9 Å². The lowest BCUT2D eigenvalue weighted by molar-refractivity contribution is 0.267. The summed E-state index contributed by atoms with van der Waals surface area (Å²) in [7, 11) is 0. The first kappa shape index (κ1) is 12.7. The van der Waals surface area contributed by atoms with Gasteiger partial charge in [-0.1, -0.05) is 30.3 Å². The fourth-order valence-corrected chi connectivity index (χ4v) is 2.79. The van der Waals surface area contributed by atoms with Crippen molar-refractivity contribution in [3.05, 3.63) is 53.6 Å². The quantitative estimate of drug-likeness (QED) is 0.523. The Bertz CT molecular complexity index is 832. The van der Waals surface area contributed by atoms with Crippen LogP contribution in [0.25, 0.3) is 21.5 Å². The molecule has 0 aliphatic carbocycles. The predicted molar refractivity (Wildman–Crippen MR) is 86.2 cm³/mol. The lowest BCUT2D eigenvalue weighted by atomic mass is 9.98. The van der Waals surface area contributed by atoms with Gasteiger partial charge in [-0.15, -0.1) is 0 Å². The van der Waals surface area contributed by atoms with E-state index in [1.54, 1.807) is 0 Å². The van der Waals surface area contributed by atoms with Crippen LogP contribution in [0.1, 0.15) is 11.1 Å². The number of hydrogen-bond acceptors (Lipinski definition) is 2. The number of aryl methyl sites for hydroxylation is 2. The molecule has 0 bridgehead atoms. The van der Waals surface area contributed by atoms with Crippen molar-refractivity contribution in [1.82, 2.24) is 0 Å². The minimum Gasteiger partial charge on any atom is -0.489 e. The minimum atomic E-state index is 0.269. The van der Waals surface area contributed by atoms with E-state index >= 15 is 0 Å². The molecule has 1 aliphatic rings. The van der Waals surface area contributed by atoms with Gasteiger partial charge in [0.15, 0.2) is 0 Å². The molecule has 1 aliphatic heterocycles. The number of hydrogen-bond donors (Lipinski definition) is 0. The standard InChI is InChI=1S/C19H18O2/c1-12-7-15-9-14-5-3-4-6-17(14)19(18(15)8-13(12)2)21-11-16-10-20-16/h3-9,16H,10-11H2,1-2H3. The zero-order valence-electron chi connectivity index (χ0n) is 12.3. The van der Waals surface area contributed by atoms with Crippen molar-refractivity contribution in [1.29, 1.82) is 0 Å². The molecule has 3 aromatic rings. The topological polar surface area (TPSA) is 21.8 Å². The molecule has 1 unspecified atom stereocenters. The second-order valence-corrected chi connectivity index (χ2v) is 5.85. The molecule has 0 amide bonds. The zero-order chi connectivity index (χ0) is 14.4. The van der Waals surface area contributed by atoms with Crippen LogP contribution in [0.15, 0.2) is 42.5 Å². The van der Waals surface area contributed by atoms with Gasteiger partial charge in [-0.3, -0.25) is 0 Å². The number of fused-ring (bicyclic) bond motifs is 2. The first-order chi connectivity index (χ1) is 10.2. The Labute approximate surface area is 124 Å². The van der Waals surface area contributed by atoms with Gasteiger partial charge in [0.1, 0.15) is 18.5 Å². The molecule has 2 nitrogen and oxygen atoms in total.